The normalized spacial score (nSPS) is 16.0. The van der Waals surface area contributed by atoms with Gasteiger partial charge in [0, 0.05) is 24.9 Å². The number of methoxy groups -OCH3 is 2. The quantitative estimate of drug-likeness (QED) is 0.433. The van der Waals surface area contributed by atoms with E-state index in [1.807, 2.05) is 18.2 Å². The van der Waals surface area contributed by atoms with E-state index in [1.54, 1.807) is 14.2 Å². The van der Waals surface area contributed by atoms with Gasteiger partial charge in [0.05, 0.1) is 20.3 Å². The lowest BCUT2D eigenvalue weighted by Crippen LogP contribution is -2.23. The van der Waals surface area contributed by atoms with Crippen LogP contribution in [0.2, 0.25) is 0 Å². The van der Waals surface area contributed by atoms with Crippen LogP contribution < -0.4 is 20.5 Å². The fraction of sp³-hybridized carbons (Fsp3) is 0.611. The van der Waals surface area contributed by atoms with Crippen LogP contribution in [0.3, 0.4) is 0 Å². The third-order valence-corrected chi connectivity index (χ3v) is 4.15. The van der Waals surface area contributed by atoms with Gasteiger partial charge in [-0.3, -0.25) is 4.99 Å². The molecule has 0 unspecified atom stereocenters. The highest BCUT2D eigenvalue weighted by molar-refractivity contribution is 5.92. The van der Waals surface area contributed by atoms with Gasteiger partial charge in [-0.05, 0) is 31.4 Å². The Morgan fingerprint density at radius 1 is 1.17 bits per heavy atom. The summed E-state index contributed by atoms with van der Waals surface area (Å²) < 4.78 is 16.4. The van der Waals surface area contributed by atoms with Gasteiger partial charge in [0.1, 0.15) is 0 Å². The van der Waals surface area contributed by atoms with E-state index in [4.69, 9.17) is 19.9 Å². The van der Waals surface area contributed by atoms with Crippen molar-refractivity contribution < 1.29 is 14.2 Å². The molecule has 0 bridgehead atoms. The Kier molecular flexibility index (Phi) is 7.68. The van der Waals surface area contributed by atoms with Crippen molar-refractivity contribution in [1.82, 2.24) is 0 Å². The van der Waals surface area contributed by atoms with Crippen LogP contribution in [-0.2, 0) is 4.74 Å². The van der Waals surface area contributed by atoms with Gasteiger partial charge in [-0.15, -0.1) is 0 Å². The minimum absolute atomic E-state index is 0.389. The molecule has 1 fully saturated rings. The molecular formula is C18H29N3O3. The molecule has 1 aromatic carbocycles. The number of benzene rings is 1. The van der Waals surface area contributed by atoms with E-state index in [0.717, 1.165) is 18.7 Å². The number of guanidine groups is 1. The van der Waals surface area contributed by atoms with Gasteiger partial charge in [-0.2, -0.15) is 0 Å². The standard InChI is InChI=1S/C18H29N3O3/c1-22-16-10-9-14(13-17(16)23-2)21-18(19)20-11-6-12-24-15-7-4-3-5-8-15/h9-10,13,15H,3-8,11-12H2,1-2H3,(H3,19,20,21). The van der Waals surface area contributed by atoms with Gasteiger partial charge in [-0.1, -0.05) is 19.3 Å². The second-order valence-corrected chi connectivity index (χ2v) is 5.95. The molecule has 0 aromatic heterocycles. The molecule has 0 amide bonds. The van der Waals surface area contributed by atoms with Crippen LogP contribution in [-0.4, -0.2) is 39.4 Å². The molecule has 1 aromatic rings. The van der Waals surface area contributed by atoms with Crippen LogP contribution in [0.5, 0.6) is 11.5 Å². The van der Waals surface area contributed by atoms with Gasteiger partial charge in [0.25, 0.3) is 0 Å². The van der Waals surface area contributed by atoms with Crippen molar-refractivity contribution in [3.63, 3.8) is 0 Å². The molecule has 134 valence electrons. The number of rotatable bonds is 8. The molecule has 3 N–H and O–H groups in total. The third kappa shape index (κ3) is 5.92. The van der Waals surface area contributed by atoms with Crippen molar-refractivity contribution in [3.8, 4) is 11.5 Å². The number of nitrogens with zero attached hydrogens (tertiary/aromatic N) is 1. The van der Waals surface area contributed by atoms with Crippen molar-refractivity contribution in [2.24, 2.45) is 10.7 Å². The first-order valence-corrected chi connectivity index (χ1v) is 8.63. The van der Waals surface area contributed by atoms with E-state index in [2.05, 4.69) is 10.3 Å². The first kappa shape index (κ1) is 18.4. The maximum atomic E-state index is 5.92. The van der Waals surface area contributed by atoms with Gasteiger partial charge in [0.15, 0.2) is 17.5 Å². The summed E-state index contributed by atoms with van der Waals surface area (Å²) in [6, 6.07) is 5.52. The second kappa shape index (κ2) is 10.0. The van der Waals surface area contributed by atoms with Crippen LogP contribution in [0.1, 0.15) is 38.5 Å². The molecule has 0 spiro atoms. The summed E-state index contributed by atoms with van der Waals surface area (Å²) in [6.45, 7) is 1.40. The molecule has 1 aliphatic rings. The molecule has 0 saturated heterocycles. The Balaban J connectivity index is 1.71. The summed E-state index contributed by atoms with van der Waals surface area (Å²) in [4.78, 5) is 4.33. The van der Waals surface area contributed by atoms with E-state index in [9.17, 15) is 0 Å². The van der Waals surface area contributed by atoms with Gasteiger partial charge < -0.3 is 25.3 Å². The van der Waals surface area contributed by atoms with Crippen molar-refractivity contribution in [2.45, 2.75) is 44.6 Å². The third-order valence-electron chi connectivity index (χ3n) is 4.15. The Labute approximate surface area is 144 Å². The first-order chi connectivity index (χ1) is 11.7. The van der Waals surface area contributed by atoms with Gasteiger partial charge in [0.2, 0.25) is 0 Å². The molecule has 0 heterocycles. The topological polar surface area (TPSA) is 78.1 Å². The predicted octanol–water partition coefficient (Wildman–Crippen LogP) is 3.17. The molecule has 6 heteroatoms. The predicted molar refractivity (Wildman–Crippen MR) is 97.1 cm³/mol. The summed E-state index contributed by atoms with van der Waals surface area (Å²) in [7, 11) is 3.21. The number of hydrogen-bond acceptors (Lipinski definition) is 4. The van der Waals surface area contributed by atoms with Gasteiger partial charge >= 0.3 is 0 Å². The van der Waals surface area contributed by atoms with E-state index in [0.29, 0.717) is 30.1 Å². The molecule has 1 saturated carbocycles. The Morgan fingerprint density at radius 2 is 1.92 bits per heavy atom. The monoisotopic (exact) mass is 335 g/mol. The molecule has 0 aliphatic heterocycles. The maximum absolute atomic E-state index is 5.92. The molecule has 1 aliphatic carbocycles. The van der Waals surface area contributed by atoms with Crippen molar-refractivity contribution >= 4 is 11.6 Å². The second-order valence-electron chi connectivity index (χ2n) is 5.95. The van der Waals surface area contributed by atoms with Crippen LogP contribution >= 0.6 is 0 Å². The lowest BCUT2D eigenvalue weighted by atomic mass is 9.98. The molecule has 2 rings (SSSR count). The number of aliphatic imine (C=N–C) groups is 1. The lowest BCUT2D eigenvalue weighted by molar-refractivity contribution is 0.0281. The largest absolute Gasteiger partial charge is 0.493 e. The SMILES string of the molecule is COc1ccc(NC(N)=NCCCOC2CCCCC2)cc1OC. The number of nitrogens with two attached hydrogens (primary N) is 1. The Morgan fingerprint density at radius 3 is 2.62 bits per heavy atom. The molecule has 6 nitrogen and oxygen atoms in total. The number of hydrogen-bond donors (Lipinski definition) is 2. The van der Waals surface area contributed by atoms with Gasteiger partial charge in [-0.25, -0.2) is 0 Å². The molecular weight excluding hydrogens is 306 g/mol. The minimum Gasteiger partial charge on any atom is -0.493 e. The molecule has 24 heavy (non-hydrogen) atoms. The lowest BCUT2D eigenvalue weighted by Gasteiger charge is -2.21. The van der Waals surface area contributed by atoms with Crippen LogP contribution in [0, 0.1) is 0 Å². The first-order valence-electron chi connectivity index (χ1n) is 8.63. The molecule has 0 atom stereocenters. The van der Waals surface area contributed by atoms with Crippen molar-refractivity contribution in [1.29, 1.82) is 0 Å². The van der Waals surface area contributed by atoms with Crippen LogP contribution in [0.15, 0.2) is 23.2 Å². The summed E-state index contributed by atoms with van der Waals surface area (Å²) in [5, 5.41) is 3.06. The fourth-order valence-corrected chi connectivity index (χ4v) is 2.85. The Bertz CT molecular complexity index is 528. The highest BCUT2D eigenvalue weighted by Gasteiger charge is 2.12. The summed E-state index contributed by atoms with van der Waals surface area (Å²) in [5.74, 6) is 1.72. The van der Waals surface area contributed by atoms with E-state index >= 15 is 0 Å². The number of nitrogens with one attached hydrogen (secondary N) is 1. The van der Waals surface area contributed by atoms with Crippen LogP contribution in [0.25, 0.3) is 0 Å². The summed E-state index contributed by atoms with van der Waals surface area (Å²) in [5.41, 5.74) is 6.73. The molecule has 0 radical (unpaired) electrons. The number of anilines is 1. The highest BCUT2D eigenvalue weighted by atomic mass is 16.5. The zero-order valence-electron chi connectivity index (χ0n) is 14.7. The smallest absolute Gasteiger partial charge is 0.193 e. The minimum atomic E-state index is 0.389. The fourth-order valence-electron chi connectivity index (χ4n) is 2.85. The summed E-state index contributed by atoms with van der Waals surface area (Å²) in [6.07, 6.45) is 7.67. The maximum Gasteiger partial charge on any atom is 0.193 e. The van der Waals surface area contributed by atoms with Crippen LogP contribution in [0.4, 0.5) is 5.69 Å². The Hall–Kier alpha value is -1.95. The van der Waals surface area contributed by atoms with Crippen molar-refractivity contribution in [2.75, 3.05) is 32.7 Å². The van der Waals surface area contributed by atoms with E-state index in [-0.39, 0.29) is 0 Å². The zero-order chi connectivity index (χ0) is 17.2. The average Bonchev–Trinajstić information content (AvgIpc) is 2.62. The highest BCUT2D eigenvalue weighted by Crippen LogP contribution is 2.29. The van der Waals surface area contributed by atoms with E-state index in [1.165, 1.54) is 32.1 Å². The van der Waals surface area contributed by atoms with E-state index < -0.39 is 0 Å². The zero-order valence-corrected chi connectivity index (χ0v) is 14.7. The summed E-state index contributed by atoms with van der Waals surface area (Å²) >= 11 is 0. The number of ether oxygens (including phenoxy) is 3. The average molecular weight is 335 g/mol. The van der Waals surface area contributed by atoms with Crippen molar-refractivity contribution in [3.05, 3.63) is 18.2 Å².